The maximum atomic E-state index is 3.57. The third-order valence-electron chi connectivity index (χ3n) is 2.73. The number of nitrogens with zero attached hydrogens (tertiary/aromatic N) is 1. The van der Waals surface area contributed by atoms with E-state index in [4.69, 9.17) is 0 Å². The molecule has 0 spiro atoms. The van der Waals surface area contributed by atoms with Crippen molar-refractivity contribution in [1.82, 2.24) is 10.2 Å². The van der Waals surface area contributed by atoms with Crippen LogP contribution in [-0.4, -0.2) is 36.1 Å². The molecule has 1 N–H and O–H groups in total. The van der Waals surface area contributed by atoms with Crippen molar-refractivity contribution in [2.45, 2.75) is 65.6 Å². The Labute approximate surface area is 90.1 Å². The molecule has 1 atom stereocenters. The Balaban J connectivity index is 4.03. The van der Waals surface area contributed by atoms with Gasteiger partial charge in [-0.25, -0.2) is 0 Å². The highest BCUT2D eigenvalue weighted by Crippen LogP contribution is 2.07. The zero-order valence-corrected chi connectivity index (χ0v) is 11.0. The first-order chi connectivity index (χ1) is 6.28. The SMILES string of the molecule is CCC(CNC(C)(C)C)N(C)C(C)C. The quantitative estimate of drug-likeness (QED) is 0.733. The second kappa shape index (κ2) is 5.72. The number of likely N-dealkylation sites (N-methyl/N-ethyl adjacent to an activating group) is 1. The molecule has 0 radical (unpaired) electrons. The topological polar surface area (TPSA) is 15.3 Å². The van der Waals surface area contributed by atoms with Crippen LogP contribution in [-0.2, 0) is 0 Å². The lowest BCUT2D eigenvalue weighted by atomic mass is 10.1. The zero-order valence-electron chi connectivity index (χ0n) is 11.0. The first kappa shape index (κ1) is 13.9. The van der Waals surface area contributed by atoms with Crippen molar-refractivity contribution in [1.29, 1.82) is 0 Å². The van der Waals surface area contributed by atoms with Gasteiger partial charge >= 0.3 is 0 Å². The summed E-state index contributed by atoms with van der Waals surface area (Å²) in [7, 11) is 2.21. The predicted octanol–water partition coefficient (Wildman–Crippen LogP) is 2.49. The van der Waals surface area contributed by atoms with Gasteiger partial charge in [0.25, 0.3) is 0 Å². The van der Waals surface area contributed by atoms with Gasteiger partial charge in [0.15, 0.2) is 0 Å². The first-order valence-corrected chi connectivity index (χ1v) is 5.75. The van der Waals surface area contributed by atoms with Crippen LogP contribution in [0.3, 0.4) is 0 Å². The molecule has 0 aliphatic rings. The lowest BCUT2D eigenvalue weighted by Gasteiger charge is -2.33. The van der Waals surface area contributed by atoms with E-state index in [1.165, 1.54) is 6.42 Å². The molecule has 0 rings (SSSR count). The fourth-order valence-corrected chi connectivity index (χ4v) is 1.42. The molecule has 0 fully saturated rings. The van der Waals surface area contributed by atoms with E-state index in [-0.39, 0.29) is 5.54 Å². The van der Waals surface area contributed by atoms with Crippen molar-refractivity contribution in [2.24, 2.45) is 0 Å². The maximum Gasteiger partial charge on any atom is 0.0217 e. The van der Waals surface area contributed by atoms with Gasteiger partial charge < -0.3 is 5.32 Å². The van der Waals surface area contributed by atoms with Gasteiger partial charge in [-0.05, 0) is 48.1 Å². The fourth-order valence-electron chi connectivity index (χ4n) is 1.42. The zero-order chi connectivity index (χ0) is 11.4. The Morgan fingerprint density at radius 3 is 2.00 bits per heavy atom. The van der Waals surface area contributed by atoms with E-state index in [1.807, 2.05) is 0 Å². The van der Waals surface area contributed by atoms with Crippen LogP contribution in [0.15, 0.2) is 0 Å². The van der Waals surface area contributed by atoms with Crippen LogP contribution < -0.4 is 5.32 Å². The molecule has 2 heteroatoms. The van der Waals surface area contributed by atoms with Crippen LogP contribution in [0.25, 0.3) is 0 Å². The van der Waals surface area contributed by atoms with Crippen molar-refractivity contribution in [3.05, 3.63) is 0 Å². The van der Waals surface area contributed by atoms with E-state index in [0.717, 1.165) is 6.54 Å². The van der Waals surface area contributed by atoms with Crippen molar-refractivity contribution in [3.8, 4) is 0 Å². The molecule has 14 heavy (non-hydrogen) atoms. The minimum atomic E-state index is 0.227. The molecular weight excluding hydrogens is 172 g/mol. The average molecular weight is 200 g/mol. The molecule has 0 aromatic rings. The maximum absolute atomic E-state index is 3.57. The van der Waals surface area contributed by atoms with Gasteiger partial charge in [-0.2, -0.15) is 0 Å². The third kappa shape index (κ3) is 5.61. The first-order valence-electron chi connectivity index (χ1n) is 5.75. The summed E-state index contributed by atoms with van der Waals surface area (Å²) < 4.78 is 0. The summed E-state index contributed by atoms with van der Waals surface area (Å²) in [5.41, 5.74) is 0.227. The molecule has 0 aliphatic heterocycles. The number of rotatable bonds is 5. The lowest BCUT2D eigenvalue weighted by molar-refractivity contribution is 0.177. The average Bonchev–Trinajstić information content (AvgIpc) is 2.02. The fraction of sp³-hybridized carbons (Fsp3) is 1.00. The lowest BCUT2D eigenvalue weighted by Crippen LogP contribution is -2.48. The summed E-state index contributed by atoms with van der Waals surface area (Å²) in [6, 6.07) is 1.27. The van der Waals surface area contributed by atoms with Gasteiger partial charge in [0, 0.05) is 24.2 Å². The molecule has 0 aromatic heterocycles. The Morgan fingerprint density at radius 1 is 1.21 bits per heavy atom. The summed E-state index contributed by atoms with van der Waals surface area (Å²) in [6.45, 7) is 14.5. The van der Waals surface area contributed by atoms with Gasteiger partial charge in [0.1, 0.15) is 0 Å². The van der Waals surface area contributed by atoms with Crippen LogP contribution in [0, 0.1) is 0 Å². The van der Waals surface area contributed by atoms with Crippen molar-refractivity contribution >= 4 is 0 Å². The van der Waals surface area contributed by atoms with Crippen molar-refractivity contribution in [3.63, 3.8) is 0 Å². The molecule has 0 saturated carbocycles. The smallest absolute Gasteiger partial charge is 0.0217 e. The number of nitrogens with one attached hydrogen (secondary N) is 1. The normalized spacial score (nSPS) is 15.2. The van der Waals surface area contributed by atoms with Crippen molar-refractivity contribution < 1.29 is 0 Å². The van der Waals surface area contributed by atoms with Gasteiger partial charge in [0.05, 0.1) is 0 Å². The molecular formula is C12H28N2. The molecule has 1 unspecified atom stereocenters. The monoisotopic (exact) mass is 200 g/mol. The second-order valence-electron chi connectivity index (χ2n) is 5.45. The highest BCUT2D eigenvalue weighted by molar-refractivity contribution is 4.78. The predicted molar refractivity (Wildman–Crippen MR) is 64.7 cm³/mol. The highest BCUT2D eigenvalue weighted by atomic mass is 15.2. The number of hydrogen-bond donors (Lipinski definition) is 1. The second-order valence-corrected chi connectivity index (χ2v) is 5.45. The summed E-state index contributed by atoms with van der Waals surface area (Å²) >= 11 is 0. The minimum Gasteiger partial charge on any atom is -0.311 e. The van der Waals surface area contributed by atoms with Gasteiger partial charge in [-0.3, -0.25) is 4.90 Å². The molecule has 0 aromatic carbocycles. The Bertz CT molecular complexity index is 147. The molecule has 0 aliphatic carbocycles. The summed E-state index contributed by atoms with van der Waals surface area (Å²) in [5, 5.41) is 3.57. The summed E-state index contributed by atoms with van der Waals surface area (Å²) in [6.07, 6.45) is 1.21. The van der Waals surface area contributed by atoms with E-state index in [9.17, 15) is 0 Å². The van der Waals surface area contributed by atoms with Crippen LogP contribution >= 0.6 is 0 Å². The van der Waals surface area contributed by atoms with Crippen LogP contribution in [0.4, 0.5) is 0 Å². The van der Waals surface area contributed by atoms with Crippen LogP contribution in [0.1, 0.15) is 48.0 Å². The Morgan fingerprint density at radius 2 is 1.71 bits per heavy atom. The molecule has 86 valence electrons. The van der Waals surface area contributed by atoms with Crippen LogP contribution in [0.5, 0.6) is 0 Å². The molecule has 0 bridgehead atoms. The Kier molecular flexibility index (Phi) is 5.68. The standard InChI is InChI=1S/C12H28N2/c1-8-11(14(7)10(2)3)9-13-12(4,5)6/h10-11,13H,8-9H2,1-7H3. The van der Waals surface area contributed by atoms with Crippen LogP contribution in [0.2, 0.25) is 0 Å². The molecule has 0 amide bonds. The van der Waals surface area contributed by atoms with E-state index in [1.54, 1.807) is 0 Å². The molecule has 0 heterocycles. The van der Waals surface area contributed by atoms with E-state index < -0.39 is 0 Å². The summed E-state index contributed by atoms with van der Waals surface area (Å²) in [4.78, 5) is 2.44. The van der Waals surface area contributed by atoms with Gasteiger partial charge in [0.2, 0.25) is 0 Å². The van der Waals surface area contributed by atoms with Gasteiger partial charge in [-0.1, -0.05) is 6.92 Å². The van der Waals surface area contributed by atoms with E-state index in [2.05, 4.69) is 58.8 Å². The van der Waals surface area contributed by atoms with E-state index in [0.29, 0.717) is 12.1 Å². The van der Waals surface area contributed by atoms with E-state index >= 15 is 0 Å². The largest absolute Gasteiger partial charge is 0.311 e. The summed E-state index contributed by atoms with van der Waals surface area (Å²) in [5.74, 6) is 0. The minimum absolute atomic E-state index is 0.227. The molecule has 0 saturated heterocycles. The van der Waals surface area contributed by atoms with Crippen molar-refractivity contribution in [2.75, 3.05) is 13.6 Å². The van der Waals surface area contributed by atoms with Gasteiger partial charge in [-0.15, -0.1) is 0 Å². The molecule has 2 nitrogen and oxygen atoms in total. The number of hydrogen-bond acceptors (Lipinski definition) is 2. The third-order valence-corrected chi connectivity index (χ3v) is 2.73. The highest BCUT2D eigenvalue weighted by Gasteiger charge is 2.17. The Hall–Kier alpha value is -0.0800.